The van der Waals surface area contributed by atoms with E-state index in [4.69, 9.17) is 0 Å². The molecule has 0 fully saturated rings. The van der Waals surface area contributed by atoms with Crippen molar-refractivity contribution in [2.24, 2.45) is 0 Å². The van der Waals surface area contributed by atoms with Gasteiger partial charge in [-0.2, -0.15) is 13.2 Å². The highest BCUT2D eigenvalue weighted by atomic mass is 19.4. The lowest BCUT2D eigenvalue weighted by Gasteiger charge is -2.10. The number of aromatic amines is 1. The molecule has 1 aromatic carbocycles. The molecule has 20 heavy (non-hydrogen) atoms. The number of nitrogens with one attached hydrogen (secondary N) is 2. The van der Waals surface area contributed by atoms with E-state index in [1.54, 1.807) is 0 Å². The zero-order chi connectivity index (χ0) is 14.9. The second-order valence-corrected chi connectivity index (χ2v) is 3.89. The van der Waals surface area contributed by atoms with Crippen molar-refractivity contribution in [3.8, 4) is 0 Å². The monoisotopic (exact) mass is 288 g/mol. The Morgan fingerprint density at radius 2 is 2.05 bits per heavy atom. The summed E-state index contributed by atoms with van der Waals surface area (Å²) >= 11 is 0. The van der Waals surface area contributed by atoms with Crippen LogP contribution in [0.4, 0.5) is 23.2 Å². The fourth-order valence-corrected chi connectivity index (χ4v) is 1.42. The van der Waals surface area contributed by atoms with Crippen molar-refractivity contribution in [1.29, 1.82) is 0 Å². The van der Waals surface area contributed by atoms with Gasteiger partial charge in [-0.15, -0.1) is 5.10 Å². The van der Waals surface area contributed by atoms with Crippen LogP contribution >= 0.6 is 0 Å². The molecule has 2 rings (SSSR count). The predicted molar refractivity (Wildman–Crippen MR) is 60.5 cm³/mol. The number of aromatic nitrogens is 3. The number of halogens is 4. The minimum Gasteiger partial charge on any atom is -0.317 e. The molecule has 1 aromatic heterocycles. The zero-order valence-corrected chi connectivity index (χ0v) is 10.0. The third-order valence-corrected chi connectivity index (χ3v) is 2.34. The van der Waals surface area contributed by atoms with Crippen LogP contribution in [0.3, 0.4) is 0 Å². The van der Waals surface area contributed by atoms with E-state index in [1.807, 2.05) is 5.32 Å². The summed E-state index contributed by atoms with van der Waals surface area (Å²) in [6, 6.07) is 1.72. The van der Waals surface area contributed by atoms with Crippen molar-refractivity contribution < 1.29 is 22.4 Å². The first-order valence-corrected chi connectivity index (χ1v) is 5.34. The van der Waals surface area contributed by atoms with E-state index in [0.29, 0.717) is 24.0 Å². The molecular weight excluding hydrogens is 280 g/mol. The van der Waals surface area contributed by atoms with Crippen molar-refractivity contribution >= 4 is 11.6 Å². The van der Waals surface area contributed by atoms with E-state index < -0.39 is 29.2 Å². The average molecular weight is 288 g/mol. The molecule has 0 aliphatic rings. The fraction of sp³-hybridized carbons (Fsp3) is 0.182. The molecular formula is C11H8F4N4O. The van der Waals surface area contributed by atoms with Crippen LogP contribution in [0, 0.1) is 12.7 Å². The number of amides is 1. The van der Waals surface area contributed by atoms with Crippen molar-refractivity contribution in [1.82, 2.24) is 15.2 Å². The lowest BCUT2D eigenvalue weighted by Crippen LogP contribution is -2.16. The van der Waals surface area contributed by atoms with Crippen LogP contribution < -0.4 is 5.32 Å². The minimum atomic E-state index is -4.63. The Morgan fingerprint density at radius 3 is 2.60 bits per heavy atom. The molecule has 1 heterocycles. The second kappa shape index (κ2) is 4.91. The molecule has 0 unspecified atom stereocenters. The summed E-state index contributed by atoms with van der Waals surface area (Å²) in [5.41, 5.74) is -1.66. The molecule has 0 aliphatic heterocycles. The Kier molecular flexibility index (Phi) is 3.43. The van der Waals surface area contributed by atoms with E-state index in [0.717, 1.165) is 0 Å². The van der Waals surface area contributed by atoms with Crippen LogP contribution in [-0.2, 0) is 6.18 Å². The van der Waals surface area contributed by atoms with E-state index in [-0.39, 0.29) is 5.82 Å². The number of anilines is 1. The quantitative estimate of drug-likeness (QED) is 0.834. The van der Waals surface area contributed by atoms with Gasteiger partial charge in [0.05, 0.1) is 11.3 Å². The maximum atomic E-state index is 13.4. The first kappa shape index (κ1) is 14.0. The van der Waals surface area contributed by atoms with E-state index in [1.165, 1.54) is 6.92 Å². The number of hydrogen-bond acceptors (Lipinski definition) is 3. The minimum absolute atomic E-state index is 0.292. The molecule has 0 aliphatic carbocycles. The third-order valence-electron chi connectivity index (χ3n) is 2.34. The predicted octanol–water partition coefficient (Wildman–Crippen LogP) is 2.52. The molecule has 106 valence electrons. The van der Waals surface area contributed by atoms with Crippen molar-refractivity contribution in [2.45, 2.75) is 13.1 Å². The number of H-pyrrole nitrogens is 1. The van der Waals surface area contributed by atoms with Crippen LogP contribution in [0.5, 0.6) is 0 Å². The van der Waals surface area contributed by atoms with Crippen LogP contribution in [0.15, 0.2) is 18.2 Å². The van der Waals surface area contributed by atoms with Gasteiger partial charge >= 0.3 is 6.18 Å². The third kappa shape index (κ3) is 2.92. The number of hydrogen-bond donors (Lipinski definition) is 2. The number of aryl methyl sites for hydroxylation is 1. The SMILES string of the molecule is Cc1nc(C(=O)Nc2cc(C(F)(F)F)ccc2F)n[nH]1. The molecule has 0 spiro atoms. The van der Waals surface area contributed by atoms with Gasteiger partial charge in [-0.05, 0) is 25.1 Å². The Labute approximate surface area is 110 Å². The highest BCUT2D eigenvalue weighted by Gasteiger charge is 2.31. The highest BCUT2D eigenvalue weighted by Crippen LogP contribution is 2.31. The standard InChI is InChI=1S/C11H8F4N4O/c1-5-16-9(19-18-5)10(20)17-8-4-6(11(13,14)15)2-3-7(8)12/h2-4H,1H3,(H,17,20)(H,16,18,19). The normalized spacial score (nSPS) is 11.4. The topological polar surface area (TPSA) is 70.7 Å². The number of carbonyl (C=O) groups is 1. The summed E-state index contributed by atoms with van der Waals surface area (Å²) in [4.78, 5) is 15.3. The zero-order valence-electron chi connectivity index (χ0n) is 10.0. The van der Waals surface area contributed by atoms with Gasteiger partial charge in [-0.1, -0.05) is 0 Å². The van der Waals surface area contributed by atoms with Crippen LogP contribution in [0.1, 0.15) is 22.0 Å². The van der Waals surface area contributed by atoms with E-state index in [9.17, 15) is 22.4 Å². The van der Waals surface area contributed by atoms with Crippen molar-refractivity contribution in [2.75, 3.05) is 5.32 Å². The molecule has 0 saturated carbocycles. The summed E-state index contributed by atoms with van der Waals surface area (Å²) in [6.07, 6.45) is -4.63. The smallest absolute Gasteiger partial charge is 0.317 e. The molecule has 2 aromatic rings. The fourth-order valence-electron chi connectivity index (χ4n) is 1.42. The van der Waals surface area contributed by atoms with Gasteiger partial charge in [0.2, 0.25) is 5.82 Å². The summed E-state index contributed by atoms with van der Waals surface area (Å²) in [5, 5.41) is 7.90. The summed E-state index contributed by atoms with van der Waals surface area (Å²) in [5.74, 6) is -1.84. The number of nitrogens with zero attached hydrogens (tertiary/aromatic N) is 2. The molecule has 9 heteroatoms. The Morgan fingerprint density at radius 1 is 1.35 bits per heavy atom. The number of benzene rings is 1. The van der Waals surface area contributed by atoms with Gasteiger partial charge in [0.1, 0.15) is 11.6 Å². The van der Waals surface area contributed by atoms with Gasteiger partial charge in [0, 0.05) is 0 Å². The summed E-state index contributed by atoms with van der Waals surface area (Å²) in [6.45, 7) is 1.54. The maximum absolute atomic E-state index is 13.4. The van der Waals surface area contributed by atoms with Gasteiger partial charge in [-0.3, -0.25) is 9.89 Å². The Balaban J connectivity index is 2.27. The molecule has 1 amide bonds. The first-order chi connectivity index (χ1) is 9.27. The van der Waals surface area contributed by atoms with Gasteiger partial charge in [0.25, 0.3) is 5.91 Å². The summed E-state index contributed by atoms with van der Waals surface area (Å²) in [7, 11) is 0. The molecule has 0 saturated heterocycles. The van der Waals surface area contributed by atoms with Crippen molar-refractivity contribution in [3.63, 3.8) is 0 Å². The molecule has 5 nitrogen and oxygen atoms in total. The average Bonchev–Trinajstić information content (AvgIpc) is 2.77. The summed E-state index contributed by atoms with van der Waals surface area (Å²) < 4.78 is 50.9. The molecule has 0 bridgehead atoms. The first-order valence-electron chi connectivity index (χ1n) is 5.34. The maximum Gasteiger partial charge on any atom is 0.416 e. The van der Waals surface area contributed by atoms with E-state index >= 15 is 0 Å². The Hall–Kier alpha value is -2.45. The largest absolute Gasteiger partial charge is 0.416 e. The second-order valence-electron chi connectivity index (χ2n) is 3.89. The number of alkyl halides is 3. The van der Waals surface area contributed by atoms with Gasteiger partial charge in [0.15, 0.2) is 0 Å². The highest BCUT2D eigenvalue weighted by molar-refractivity contribution is 6.01. The van der Waals surface area contributed by atoms with Crippen LogP contribution in [0.25, 0.3) is 0 Å². The van der Waals surface area contributed by atoms with Crippen molar-refractivity contribution in [3.05, 3.63) is 41.2 Å². The molecule has 0 radical (unpaired) electrons. The number of carbonyl (C=O) groups excluding carboxylic acids is 1. The van der Waals surface area contributed by atoms with Gasteiger partial charge in [-0.25, -0.2) is 9.37 Å². The van der Waals surface area contributed by atoms with Crippen LogP contribution in [0.2, 0.25) is 0 Å². The van der Waals surface area contributed by atoms with Gasteiger partial charge < -0.3 is 5.32 Å². The lowest BCUT2D eigenvalue weighted by molar-refractivity contribution is -0.137. The Bertz CT molecular complexity index is 650. The van der Waals surface area contributed by atoms with Crippen LogP contribution in [-0.4, -0.2) is 21.1 Å². The lowest BCUT2D eigenvalue weighted by atomic mass is 10.2. The van der Waals surface area contributed by atoms with E-state index in [2.05, 4.69) is 15.2 Å². The molecule has 2 N–H and O–H groups in total. The number of rotatable bonds is 2. The molecule has 0 atom stereocenters.